The van der Waals surface area contributed by atoms with E-state index in [0.717, 1.165) is 25.7 Å². The van der Waals surface area contributed by atoms with Gasteiger partial charge in [-0.1, -0.05) is 19.8 Å². The molecule has 1 aliphatic rings. The number of nitrogens with zero attached hydrogens (tertiary/aromatic N) is 2. The molecule has 2 rings (SSSR count). The van der Waals surface area contributed by atoms with E-state index in [9.17, 15) is 9.59 Å². The average Bonchev–Trinajstić information content (AvgIpc) is 3.15. The SMILES string of the molecule is CCCCC(N)C(=O)Nc1cnn(CC(=O)NC2CC2)c1. The zero-order valence-corrected chi connectivity index (χ0v) is 12.3. The van der Waals surface area contributed by atoms with Crippen LogP contribution in [0, 0.1) is 0 Å². The van der Waals surface area contributed by atoms with E-state index in [4.69, 9.17) is 5.73 Å². The second-order valence-corrected chi connectivity index (χ2v) is 5.51. The minimum Gasteiger partial charge on any atom is -0.352 e. The number of carbonyl (C=O) groups excluding carboxylic acids is 2. The third-order valence-electron chi connectivity index (χ3n) is 3.35. The summed E-state index contributed by atoms with van der Waals surface area (Å²) in [6, 6.07) is -0.171. The van der Waals surface area contributed by atoms with Crippen LogP contribution in [0.2, 0.25) is 0 Å². The van der Waals surface area contributed by atoms with Crippen molar-refractivity contribution in [1.29, 1.82) is 0 Å². The minimum atomic E-state index is -0.508. The lowest BCUT2D eigenvalue weighted by molar-refractivity contribution is -0.122. The highest BCUT2D eigenvalue weighted by molar-refractivity contribution is 5.94. The van der Waals surface area contributed by atoms with E-state index in [1.807, 2.05) is 0 Å². The zero-order valence-electron chi connectivity index (χ0n) is 12.3. The standard InChI is InChI=1S/C14H23N5O2/c1-2-3-4-12(15)14(21)18-11-7-16-19(8-11)9-13(20)17-10-5-6-10/h7-8,10,12H,2-6,9,15H2,1H3,(H,17,20)(H,18,21). The van der Waals surface area contributed by atoms with Crippen LogP contribution < -0.4 is 16.4 Å². The van der Waals surface area contributed by atoms with E-state index in [2.05, 4.69) is 22.7 Å². The molecule has 0 saturated heterocycles. The van der Waals surface area contributed by atoms with Gasteiger partial charge in [-0.25, -0.2) is 0 Å². The normalized spacial score (nSPS) is 15.5. The molecule has 7 heteroatoms. The highest BCUT2D eigenvalue weighted by Gasteiger charge is 2.23. The van der Waals surface area contributed by atoms with Gasteiger partial charge < -0.3 is 16.4 Å². The van der Waals surface area contributed by atoms with Crippen molar-refractivity contribution < 1.29 is 9.59 Å². The lowest BCUT2D eigenvalue weighted by atomic mass is 10.1. The largest absolute Gasteiger partial charge is 0.352 e. The molecule has 0 bridgehead atoms. The lowest BCUT2D eigenvalue weighted by Gasteiger charge is -2.10. The Hall–Kier alpha value is -1.89. The van der Waals surface area contributed by atoms with Gasteiger partial charge in [-0.2, -0.15) is 5.10 Å². The summed E-state index contributed by atoms with van der Waals surface area (Å²) in [6.07, 6.45) is 7.87. The third-order valence-corrected chi connectivity index (χ3v) is 3.35. The van der Waals surface area contributed by atoms with Crippen molar-refractivity contribution in [1.82, 2.24) is 15.1 Å². The van der Waals surface area contributed by atoms with Gasteiger partial charge in [0.05, 0.1) is 17.9 Å². The third kappa shape index (κ3) is 5.18. The van der Waals surface area contributed by atoms with Crippen LogP contribution in [-0.2, 0) is 16.1 Å². The molecular weight excluding hydrogens is 270 g/mol. The fraction of sp³-hybridized carbons (Fsp3) is 0.643. The number of nitrogens with two attached hydrogens (primary N) is 1. The second kappa shape index (κ2) is 7.21. The number of nitrogens with one attached hydrogen (secondary N) is 2. The van der Waals surface area contributed by atoms with E-state index >= 15 is 0 Å². The van der Waals surface area contributed by atoms with E-state index in [-0.39, 0.29) is 18.4 Å². The molecule has 0 aromatic carbocycles. The Morgan fingerprint density at radius 1 is 1.52 bits per heavy atom. The quantitative estimate of drug-likeness (QED) is 0.653. The van der Waals surface area contributed by atoms with Crippen LogP contribution in [0.25, 0.3) is 0 Å². The molecule has 1 heterocycles. The van der Waals surface area contributed by atoms with Gasteiger partial charge >= 0.3 is 0 Å². The van der Waals surface area contributed by atoms with E-state index < -0.39 is 6.04 Å². The van der Waals surface area contributed by atoms with Gasteiger partial charge in [0, 0.05) is 12.2 Å². The van der Waals surface area contributed by atoms with Crippen molar-refractivity contribution >= 4 is 17.5 Å². The number of hydrogen-bond acceptors (Lipinski definition) is 4. The molecule has 1 saturated carbocycles. The second-order valence-electron chi connectivity index (χ2n) is 5.51. The van der Waals surface area contributed by atoms with E-state index in [1.54, 1.807) is 6.20 Å². The summed E-state index contributed by atoms with van der Waals surface area (Å²) in [6.45, 7) is 2.22. The molecule has 1 unspecified atom stereocenters. The molecule has 2 amide bonds. The maximum Gasteiger partial charge on any atom is 0.241 e. The molecule has 0 aliphatic heterocycles. The topological polar surface area (TPSA) is 102 Å². The Labute approximate surface area is 124 Å². The highest BCUT2D eigenvalue weighted by Crippen LogP contribution is 2.18. The van der Waals surface area contributed by atoms with Crippen LogP contribution in [0.15, 0.2) is 12.4 Å². The van der Waals surface area contributed by atoms with Crippen molar-refractivity contribution in [2.45, 2.75) is 57.7 Å². The smallest absolute Gasteiger partial charge is 0.241 e. The molecule has 7 nitrogen and oxygen atoms in total. The summed E-state index contributed by atoms with van der Waals surface area (Å²) in [5, 5.41) is 9.66. The molecule has 1 aliphatic carbocycles. The summed E-state index contributed by atoms with van der Waals surface area (Å²) in [4.78, 5) is 23.5. The fourth-order valence-corrected chi connectivity index (χ4v) is 1.95. The van der Waals surface area contributed by atoms with Crippen molar-refractivity contribution in [3.05, 3.63) is 12.4 Å². The first-order chi connectivity index (χ1) is 10.1. The number of aromatic nitrogens is 2. The first kappa shape index (κ1) is 15.5. The average molecular weight is 293 g/mol. The molecule has 1 atom stereocenters. The van der Waals surface area contributed by atoms with E-state index in [0.29, 0.717) is 18.2 Å². The summed E-state index contributed by atoms with van der Waals surface area (Å²) in [5.74, 6) is -0.274. The van der Waals surface area contributed by atoms with Gasteiger partial charge in [-0.3, -0.25) is 14.3 Å². The first-order valence-corrected chi connectivity index (χ1v) is 7.46. The zero-order chi connectivity index (χ0) is 15.2. The predicted molar refractivity (Wildman–Crippen MR) is 79.5 cm³/mol. The van der Waals surface area contributed by atoms with Gasteiger partial charge in [0.25, 0.3) is 0 Å². The summed E-state index contributed by atoms with van der Waals surface area (Å²) < 4.78 is 1.50. The summed E-state index contributed by atoms with van der Waals surface area (Å²) in [5.41, 5.74) is 6.36. The number of hydrogen-bond donors (Lipinski definition) is 3. The molecule has 116 valence electrons. The number of rotatable bonds is 8. The molecule has 0 radical (unpaired) electrons. The molecular formula is C14H23N5O2. The molecule has 21 heavy (non-hydrogen) atoms. The van der Waals surface area contributed by atoms with Crippen molar-refractivity contribution in [2.24, 2.45) is 5.73 Å². The maximum atomic E-state index is 11.9. The van der Waals surface area contributed by atoms with Crippen molar-refractivity contribution in [2.75, 3.05) is 5.32 Å². The van der Waals surface area contributed by atoms with Crippen LogP contribution in [-0.4, -0.2) is 33.7 Å². The van der Waals surface area contributed by atoms with Gasteiger partial charge in [0.15, 0.2) is 0 Å². The Balaban J connectivity index is 1.78. The monoisotopic (exact) mass is 293 g/mol. The van der Waals surface area contributed by atoms with Gasteiger partial charge in [0.1, 0.15) is 6.54 Å². The van der Waals surface area contributed by atoms with Crippen LogP contribution in [0.1, 0.15) is 39.0 Å². The molecule has 1 aromatic heterocycles. The number of carbonyl (C=O) groups is 2. The van der Waals surface area contributed by atoms with Crippen LogP contribution >= 0.6 is 0 Å². The minimum absolute atomic E-state index is 0.0573. The van der Waals surface area contributed by atoms with Crippen molar-refractivity contribution in [3.63, 3.8) is 0 Å². The molecule has 0 spiro atoms. The Morgan fingerprint density at radius 3 is 2.95 bits per heavy atom. The first-order valence-electron chi connectivity index (χ1n) is 7.46. The number of amides is 2. The predicted octanol–water partition coefficient (Wildman–Crippen LogP) is 0.618. The van der Waals surface area contributed by atoms with Crippen molar-refractivity contribution in [3.8, 4) is 0 Å². The van der Waals surface area contributed by atoms with E-state index in [1.165, 1.54) is 10.9 Å². The Morgan fingerprint density at radius 2 is 2.29 bits per heavy atom. The van der Waals surface area contributed by atoms with Crippen LogP contribution in [0.4, 0.5) is 5.69 Å². The molecule has 1 aromatic rings. The van der Waals surface area contributed by atoms with Gasteiger partial charge in [0.2, 0.25) is 11.8 Å². The molecule has 4 N–H and O–H groups in total. The van der Waals surface area contributed by atoms with Gasteiger partial charge in [-0.15, -0.1) is 0 Å². The fourth-order valence-electron chi connectivity index (χ4n) is 1.95. The lowest BCUT2D eigenvalue weighted by Crippen LogP contribution is -2.35. The van der Waals surface area contributed by atoms with Gasteiger partial charge in [-0.05, 0) is 19.3 Å². The summed E-state index contributed by atoms with van der Waals surface area (Å²) in [7, 11) is 0. The van der Waals surface area contributed by atoms with Crippen LogP contribution in [0.5, 0.6) is 0 Å². The number of unbranched alkanes of at least 4 members (excludes halogenated alkanes) is 1. The maximum absolute atomic E-state index is 11.9. The Kier molecular flexibility index (Phi) is 5.32. The molecule has 1 fully saturated rings. The number of anilines is 1. The Bertz CT molecular complexity index is 495. The summed E-state index contributed by atoms with van der Waals surface area (Å²) >= 11 is 0. The highest BCUT2D eigenvalue weighted by atomic mass is 16.2. The van der Waals surface area contributed by atoms with Crippen LogP contribution in [0.3, 0.4) is 0 Å².